The zero-order valence-corrected chi connectivity index (χ0v) is 12.7. The Balaban J connectivity index is 1.93. The van der Waals surface area contributed by atoms with Crippen LogP contribution in [0.3, 0.4) is 0 Å². The molecule has 2 unspecified atom stereocenters. The van der Waals surface area contributed by atoms with Gasteiger partial charge in [0.05, 0.1) is 51.8 Å². The van der Waals surface area contributed by atoms with Gasteiger partial charge in [-0.25, -0.2) is 0 Å². The number of hydrogen-bond acceptors (Lipinski definition) is 5. The van der Waals surface area contributed by atoms with Crippen molar-refractivity contribution in [3.63, 3.8) is 0 Å². The number of ether oxygens (including phenoxy) is 4. The third-order valence-corrected chi connectivity index (χ3v) is 3.53. The third kappa shape index (κ3) is 8.87. The highest BCUT2D eigenvalue weighted by Crippen LogP contribution is 2.19. The molecular formula is C15H30O5. The molecule has 5 heteroatoms. The Bertz CT molecular complexity index is 212. The maximum Gasteiger partial charge on any atom is 0.0835 e. The van der Waals surface area contributed by atoms with E-state index in [0.717, 1.165) is 25.7 Å². The summed E-state index contributed by atoms with van der Waals surface area (Å²) in [4.78, 5) is 0. The summed E-state index contributed by atoms with van der Waals surface area (Å²) >= 11 is 0. The van der Waals surface area contributed by atoms with E-state index in [0.29, 0.717) is 39.6 Å². The lowest BCUT2D eigenvalue weighted by Gasteiger charge is -2.25. The topological polar surface area (TPSA) is 57.2 Å². The normalized spacial score (nSPS) is 24.3. The van der Waals surface area contributed by atoms with Crippen molar-refractivity contribution in [3.05, 3.63) is 0 Å². The first-order chi connectivity index (χ1) is 9.84. The molecule has 1 aliphatic rings. The van der Waals surface area contributed by atoms with Gasteiger partial charge in [0.25, 0.3) is 0 Å². The zero-order valence-electron chi connectivity index (χ0n) is 12.7. The zero-order chi connectivity index (χ0) is 14.5. The first kappa shape index (κ1) is 17.9. The van der Waals surface area contributed by atoms with Gasteiger partial charge in [-0.1, -0.05) is 25.7 Å². The van der Waals surface area contributed by atoms with Crippen LogP contribution in [0.2, 0.25) is 0 Å². The molecule has 0 aromatic heterocycles. The van der Waals surface area contributed by atoms with E-state index in [4.69, 9.17) is 18.9 Å². The van der Waals surface area contributed by atoms with Crippen molar-refractivity contribution in [3.8, 4) is 0 Å². The maximum atomic E-state index is 10.00. The Kier molecular flexibility index (Phi) is 11.2. The average molecular weight is 290 g/mol. The highest BCUT2D eigenvalue weighted by molar-refractivity contribution is 4.72. The Labute approximate surface area is 122 Å². The molecule has 20 heavy (non-hydrogen) atoms. The molecule has 120 valence electrons. The van der Waals surface area contributed by atoms with E-state index in [1.165, 1.54) is 12.8 Å². The van der Waals surface area contributed by atoms with Gasteiger partial charge in [-0.3, -0.25) is 0 Å². The second-order valence-electron chi connectivity index (χ2n) is 5.19. The van der Waals surface area contributed by atoms with E-state index in [1.807, 2.05) is 0 Å². The number of aliphatic hydroxyl groups is 1. The van der Waals surface area contributed by atoms with Gasteiger partial charge >= 0.3 is 0 Å². The summed E-state index contributed by atoms with van der Waals surface area (Å²) in [5.41, 5.74) is 0. The number of hydrogen-bond donors (Lipinski definition) is 1. The van der Waals surface area contributed by atoms with Crippen LogP contribution in [0.25, 0.3) is 0 Å². The molecule has 0 radical (unpaired) electrons. The van der Waals surface area contributed by atoms with Gasteiger partial charge in [-0.2, -0.15) is 0 Å². The van der Waals surface area contributed by atoms with Crippen molar-refractivity contribution in [1.29, 1.82) is 0 Å². The van der Waals surface area contributed by atoms with E-state index < -0.39 is 0 Å². The van der Waals surface area contributed by atoms with Crippen LogP contribution >= 0.6 is 0 Å². The summed E-state index contributed by atoms with van der Waals surface area (Å²) in [5.74, 6) is 0. The van der Waals surface area contributed by atoms with Crippen molar-refractivity contribution in [2.75, 3.05) is 46.8 Å². The van der Waals surface area contributed by atoms with E-state index in [1.54, 1.807) is 7.11 Å². The average Bonchev–Trinajstić information content (AvgIpc) is 2.44. The molecule has 2 atom stereocenters. The van der Waals surface area contributed by atoms with Gasteiger partial charge < -0.3 is 24.1 Å². The molecule has 0 saturated heterocycles. The van der Waals surface area contributed by atoms with Gasteiger partial charge in [0, 0.05) is 7.11 Å². The minimum absolute atomic E-state index is 0.0168. The van der Waals surface area contributed by atoms with E-state index in [2.05, 4.69) is 0 Å². The van der Waals surface area contributed by atoms with Crippen LogP contribution in [-0.4, -0.2) is 64.1 Å². The molecule has 0 spiro atoms. The lowest BCUT2D eigenvalue weighted by molar-refractivity contribution is -0.0695. The first-order valence-electron chi connectivity index (χ1n) is 7.78. The van der Waals surface area contributed by atoms with E-state index in [9.17, 15) is 5.11 Å². The summed E-state index contributed by atoms with van der Waals surface area (Å²) in [6.07, 6.45) is 6.23. The SMILES string of the molecule is COCCOCCOCCOC1CCCCCCC1O. The van der Waals surface area contributed by atoms with Crippen LogP contribution in [0.4, 0.5) is 0 Å². The highest BCUT2D eigenvalue weighted by atomic mass is 16.6. The van der Waals surface area contributed by atoms with Crippen LogP contribution in [0.5, 0.6) is 0 Å². The summed E-state index contributed by atoms with van der Waals surface area (Å²) in [6.45, 7) is 3.46. The molecule has 5 nitrogen and oxygen atoms in total. The Morgan fingerprint density at radius 3 is 2.10 bits per heavy atom. The lowest BCUT2D eigenvalue weighted by atomic mass is 9.96. The number of aliphatic hydroxyl groups excluding tert-OH is 1. The molecule has 0 bridgehead atoms. The molecular weight excluding hydrogens is 260 g/mol. The van der Waals surface area contributed by atoms with Crippen LogP contribution in [0.1, 0.15) is 38.5 Å². The summed E-state index contributed by atoms with van der Waals surface area (Å²) in [6, 6.07) is 0. The predicted octanol–water partition coefficient (Wildman–Crippen LogP) is 1.77. The van der Waals surface area contributed by atoms with E-state index in [-0.39, 0.29) is 12.2 Å². The van der Waals surface area contributed by atoms with Crippen molar-refractivity contribution >= 4 is 0 Å². The molecule has 0 aliphatic heterocycles. The molecule has 1 rings (SSSR count). The molecule has 0 heterocycles. The Morgan fingerprint density at radius 1 is 0.800 bits per heavy atom. The molecule has 1 saturated carbocycles. The second-order valence-corrected chi connectivity index (χ2v) is 5.19. The smallest absolute Gasteiger partial charge is 0.0835 e. The summed E-state index contributed by atoms with van der Waals surface area (Å²) < 4.78 is 21.3. The van der Waals surface area contributed by atoms with Gasteiger partial charge in [0.2, 0.25) is 0 Å². The lowest BCUT2D eigenvalue weighted by Crippen LogP contribution is -2.31. The van der Waals surface area contributed by atoms with Crippen LogP contribution in [0.15, 0.2) is 0 Å². The Morgan fingerprint density at radius 2 is 1.40 bits per heavy atom. The summed E-state index contributed by atoms with van der Waals surface area (Å²) in [7, 11) is 1.65. The first-order valence-corrected chi connectivity index (χ1v) is 7.78. The number of rotatable bonds is 10. The van der Waals surface area contributed by atoms with Crippen LogP contribution < -0.4 is 0 Å². The maximum absolute atomic E-state index is 10.00. The Hall–Kier alpha value is -0.200. The van der Waals surface area contributed by atoms with Gasteiger partial charge in [0.1, 0.15) is 0 Å². The minimum atomic E-state index is -0.312. The minimum Gasteiger partial charge on any atom is -0.390 e. The second kappa shape index (κ2) is 12.5. The standard InChI is InChI=1S/C15H30O5/c1-17-8-9-18-10-11-19-12-13-20-15-7-5-3-2-4-6-14(15)16/h14-16H,2-13H2,1H3. The monoisotopic (exact) mass is 290 g/mol. The van der Waals surface area contributed by atoms with Crippen molar-refractivity contribution in [1.82, 2.24) is 0 Å². The fourth-order valence-corrected chi connectivity index (χ4v) is 2.35. The van der Waals surface area contributed by atoms with Crippen molar-refractivity contribution in [2.24, 2.45) is 0 Å². The van der Waals surface area contributed by atoms with Crippen LogP contribution in [0, 0.1) is 0 Å². The molecule has 0 aromatic carbocycles. The third-order valence-electron chi connectivity index (χ3n) is 3.53. The van der Waals surface area contributed by atoms with Crippen molar-refractivity contribution in [2.45, 2.75) is 50.7 Å². The van der Waals surface area contributed by atoms with Gasteiger partial charge in [0.15, 0.2) is 0 Å². The molecule has 0 aromatic rings. The largest absolute Gasteiger partial charge is 0.390 e. The van der Waals surface area contributed by atoms with Gasteiger partial charge in [-0.15, -0.1) is 0 Å². The van der Waals surface area contributed by atoms with Crippen LogP contribution in [-0.2, 0) is 18.9 Å². The van der Waals surface area contributed by atoms with Crippen molar-refractivity contribution < 1.29 is 24.1 Å². The quantitative estimate of drug-likeness (QED) is 0.621. The van der Waals surface area contributed by atoms with Gasteiger partial charge in [-0.05, 0) is 12.8 Å². The molecule has 1 aliphatic carbocycles. The molecule has 1 N–H and O–H groups in total. The van der Waals surface area contributed by atoms with E-state index >= 15 is 0 Å². The fraction of sp³-hybridized carbons (Fsp3) is 1.00. The highest BCUT2D eigenvalue weighted by Gasteiger charge is 2.20. The summed E-state index contributed by atoms with van der Waals surface area (Å²) in [5, 5.41) is 10.00. The molecule has 0 amide bonds. The number of methoxy groups -OCH3 is 1. The fourth-order valence-electron chi connectivity index (χ4n) is 2.35. The molecule has 1 fully saturated rings. The predicted molar refractivity (Wildman–Crippen MR) is 77.0 cm³/mol.